The molecule has 7 aliphatic carbocycles. The second-order valence-electron chi connectivity index (χ2n) is 20.0. The molecule has 0 spiro atoms. The summed E-state index contributed by atoms with van der Waals surface area (Å²) in [6.45, 7) is 4.93. The highest BCUT2D eigenvalue weighted by Crippen LogP contribution is 2.61. The van der Waals surface area contributed by atoms with Crippen LogP contribution in [0.25, 0.3) is 22.3 Å². The van der Waals surface area contributed by atoms with Gasteiger partial charge < -0.3 is 4.90 Å². The number of anilines is 3. The van der Waals surface area contributed by atoms with Gasteiger partial charge in [0.25, 0.3) is 0 Å². The molecule has 0 heterocycles. The van der Waals surface area contributed by atoms with Crippen molar-refractivity contribution < 1.29 is 0 Å². The van der Waals surface area contributed by atoms with E-state index in [4.69, 9.17) is 0 Å². The minimum Gasteiger partial charge on any atom is -0.310 e. The van der Waals surface area contributed by atoms with Gasteiger partial charge in [0.15, 0.2) is 0 Å². The van der Waals surface area contributed by atoms with Crippen molar-refractivity contribution in [3.63, 3.8) is 0 Å². The van der Waals surface area contributed by atoms with Gasteiger partial charge in [-0.05, 0) is 186 Å². The van der Waals surface area contributed by atoms with E-state index in [1.54, 1.807) is 5.56 Å². The highest BCUT2D eigenvalue weighted by molar-refractivity contribution is 5.90. The van der Waals surface area contributed by atoms with Gasteiger partial charge in [-0.2, -0.15) is 0 Å². The molecular formula is C55H61N. The number of fused-ring (bicyclic) bond motifs is 3. The van der Waals surface area contributed by atoms with Crippen LogP contribution in [-0.2, 0) is 10.8 Å². The van der Waals surface area contributed by atoms with Gasteiger partial charge in [0.05, 0.1) is 0 Å². The van der Waals surface area contributed by atoms with Gasteiger partial charge in [0.1, 0.15) is 0 Å². The van der Waals surface area contributed by atoms with Crippen LogP contribution in [0.3, 0.4) is 0 Å². The first-order valence-electron chi connectivity index (χ1n) is 22.8. The lowest BCUT2D eigenvalue weighted by molar-refractivity contribution is -0.00518. The molecule has 0 aliphatic heterocycles. The summed E-state index contributed by atoms with van der Waals surface area (Å²) < 4.78 is 0. The second kappa shape index (κ2) is 13.8. The maximum Gasteiger partial charge on any atom is 0.0465 e. The third kappa shape index (κ3) is 5.93. The standard InChI is InChI=1S/C55H61N/c1-54(2)52-33-48(28-29-50(52)51-15-9-14-49(53(51)54)44-18-16-42(17-19-44)40-10-5-3-6-11-40)56(46-24-20-43(21-25-46)41-12-7-4-8-13-41)47-26-22-45(23-27-47)55-34-37-30-38(35-55)32-39(31-37)36-55/h9,14-29,33,37-41H,3-8,10-13,30-32,34-36H2,1-2H3. The summed E-state index contributed by atoms with van der Waals surface area (Å²) in [4.78, 5) is 2.55. The minimum atomic E-state index is -0.127. The number of hydrogen-bond acceptors (Lipinski definition) is 1. The molecule has 56 heavy (non-hydrogen) atoms. The van der Waals surface area contributed by atoms with E-state index >= 15 is 0 Å². The summed E-state index contributed by atoms with van der Waals surface area (Å²) in [5.41, 5.74) is 17.2. The monoisotopic (exact) mass is 735 g/mol. The van der Waals surface area contributed by atoms with Crippen molar-refractivity contribution in [3.8, 4) is 22.3 Å². The fraction of sp³-hybridized carbons (Fsp3) is 0.455. The van der Waals surface area contributed by atoms with Gasteiger partial charge in [-0.1, -0.05) is 125 Å². The van der Waals surface area contributed by atoms with E-state index in [0.717, 1.165) is 23.7 Å². The van der Waals surface area contributed by atoms with Crippen molar-refractivity contribution in [2.75, 3.05) is 4.90 Å². The Morgan fingerprint density at radius 3 is 1.55 bits per heavy atom. The molecule has 0 saturated heterocycles. The minimum absolute atomic E-state index is 0.127. The van der Waals surface area contributed by atoms with Gasteiger partial charge >= 0.3 is 0 Å². The summed E-state index contributed by atoms with van der Waals surface area (Å²) in [5, 5.41) is 0. The topological polar surface area (TPSA) is 3.24 Å². The summed E-state index contributed by atoms with van der Waals surface area (Å²) >= 11 is 0. The van der Waals surface area contributed by atoms with Crippen LogP contribution in [0.5, 0.6) is 0 Å². The highest BCUT2D eigenvalue weighted by atomic mass is 15.1. The molecule has 4 bridgehead atoms. The number of hydrogen-bond donors (Lipinski definition) is 0. The molecule has 1 heteroatoms. The summed E-state index contributed by atoms with van der Waals surface area (Å²) in [5.74, 6) is 4.32. The fourth-order valence-electron chi connectivity index (χ4n) is 13.8. The lowest BCUT2D eigenvalue weighted by atomic mass is 9.48. The predicted octanol–water partition coefficient (Wildman–Crippen LogP) is 15.7. The molecule has 0 amide bonds. The van der Waals surface area contributed by atoms with E-state index in [1.807, 2.05) is 0 Å². The zero-order chi connectivity index (χ0) is 37.4. The van der Waals surface area contributed by atoms with Crippen LogP contribution >= 0.6 is 0 Å². The summed E-state index contributed by atoms with van der Waals surface area (Å²) in [6.07, 6.45) is 22.4. The van der Waals surface area contributed by atoms with E-state index in [1.165, 1.54) is 164 Å². The molecule has 0 aromatic heterocycles. The van der Waals surface area contributed by atoms with E-state index in [9.17, 15) is 0 Å². The Morgan fingerprint density at radius 2 is 0.982 bits per heavy atom. The lowest BCUT2D eigenvalue weighted by Crippen LogP contribution is -2.48. The van der Waals surface area contributed by atoms with Crippen LogP contribution in [0.15, 0.2) is 109 Å². The van der Waals surface area contributed by atoms with Crippen LogP contribution in [0, 0.1) is 17.8 Å². The number of rotatable bonds is 7. The van der Waals surface area contributed by atoms with E-state index in [0.29, 0.717) is 11.3 Å². The molecule has 0 atom stereocenters. The second-order valence-corrected chi connectivity index (χ2v) is 20.0. The fourth-order valence-corrected chi connectivity index (χ4v) is 13.8. The van der Waals surface area contributed by atoms with Crippen LogP contribution < -0.4 is 4.90 Å². The molecule has 6 fully saturated rings. The van der Waals surface area contributed by atoms with Crippen LogP contribution in [0.1, 0.15) is 156 Å². The average molecular weight is 736 g/mol. The van der Waals surface area contributed by atoms with Crippen molar-refractivity contribution in [3.05, 3.63) is 137 Å². The third-order valence-corrected chi connectivity index (χ3v) is 16.2. The van der Waals surface area contributed by atoms with Gasteiger partial charge in [-0.3, -0.25) is 0 Å². The molecular weight excluding hydrogens is 675 g/mol. The Bertz CT molecular complexity index is 2170. The van der Waals surface area contributed by atoms with Gasteiger partial charge in [-0.25, -0.2) is 0 Å². The first kappa shape index (κ1) is 35.1. The first-order chi connectivity index (χ1) is 27.4. The van der Waals surface area contributed by atoms with Crippen molar-refractivity contribution in [1.82, 2.24) is 0 Å². The largest absolute Gasteiger partial charge is 0.310 e. The highest BCUT2D eigenvalue weighted by Gasteiger charge is 2.51. The van der Waals surface area contributed by atoms with Crippen LogP contribution in [-0.4, -0.2) is 0 Å². The molecule has 1 nitrogen and oxygen atoms in total. The van der Waals surface area contributed by atoms with Gasteiger partial charge in [0, 0.05) is 22.5 Å². The molecule has 286 valence electrons. The number of nitrogens with zero attached hydrogens (tertiary/aromatic N) is 1. The molecule has 12 rings (SSSR count). The molecule has 5 aromatic rings. The van der Waals surface area contributed by atoms with Gasteiger partial charge in [-0.15, -0.1) is 0 Å². The van der Waals surface area contributed by atoms with E-state index in [-0.39, 0.29) is 5.41 Å². The molecule has 7 aliphatic rings. The molecule has 6 saturated carbocycles. The lowest BCUT2D eigenvalue weighted by Gasteiger charge is -2.57. The Balaban J connectivity index is 0.958. The predicted molar refractivity (Wildman–Crippen MR) is 236 cm³/mol. The molecule has 0 unspecified atom stereocenters. The maximum atomic E-state index is 2.55. The Kier molecular flexibility index (Phi) is 8.64. The maximum absolute atomic E-state index is 2.55. The summed E-state index contributed by atoms with van der Waals surface area (Å²) in [7, 11) is 0. The van der Waals surface area contributed by atoms with Gasteiger partial charge in [0.2, 0.25) is 0 Å². The summed E-state index contributed by atoms with van der Waals surface area (Å²) in [6, 6.07) is 43.8. The van der Waals surface area contributed by atoms with Crippen molar-refractivity contribution in [2.24, 2.45) is 17.8 Å². The smallest absolute Gasteiger partial charge is 0.0465 e. The molecule has 0 N–H and O–H groups in total. The molecule has 0 radical (unpaired) electrons. The SMILES string of the molecule is CC1(C)c2cc(N(c3ccc(C4CCCCC4)cc3)c3ccc(C45CC6CC(CC(C6)C4)C5)cc3)ccc2-c2cccc(-c3ccc(C4CCCCC4)cc3)c21. The van der Waals surface area contributed by atoms with Crippen LogP contribution in [0.4, 0.5) is 17.1 Å². The van der Waals surface area contributed by atoms with E-state index < -0.39 is 0 Å². The van der Waals surface area contributed by atoms with Crippen molar-refractivity contribution in [2.45, 2.75) is 139 Å². The normalized spacial score (nSPS) is 26.6. The Hall–Kier alpha value is -4.10. The molecule has 5 aromatic carbocycles. The van der Waals surface area contributed by atoms with Crippen LogP contribution in [0.2, 0.25) is 0 Å². The van der Waals surface area contributed by atoms with E-state index in [2.05, 4.69) is 128 Å². The Morgan fingerprint density at radius 1 is 0.482 bits per heavy atom. The zero-order valence-corrected chi connectivity index (χ0v) is 34.0. The quantitative estimate of drug-likeness (QED) is 0.161. The van der Waals surface area contributed by atoms with Crippen molar-refractivity contribution in [1.29, 1.82) is 0 Å². The average Bonchev–Trinajstić information content (AvgIpc) is 3.47. The first-order valence-corrected chi connectivity index (χ1v) is 22.8. The zero-order valence-electron chi connectivity index (χ0n) is 34.0. The Labute approximate surface area is 337 Å². The third-order valence-electron chi connectivity index (χ3n) is 16.2. The van der Waals surface area contributed by atoms with Crippen molar-refractivity contribution >= 4 is 17.1 Å². The number of benzene rings is 5.